The minimum Gasteiger partial charge on any atom is -0.374 e. The first-order valence-corrected chi connectivity index (χ1v) is 8.51. The molecule has 2 aromatic rings. The molecule has 0 aromatic carbocycles. The summed E-state index contributed by atoms with van der Waals surface area (Å²) in [4.78, 5) is 17.8. The van der Waals surface area contributed by atoms with Crippen LogP contribution in [0.4, 0.5) is 5.13 Å². The van der Waals surface area contributed by atoms with Crippen molar-refractivity contribution in [3.8, 4) is 0 Å². The minimum absolute atomic E-state index is 0.0909. The number of carbonyl (C=O) groups excluding carboxylic acids is 1. The smallest absolute Gasteiger partial charge is 0.223 e. The van der Waals surface area contributed by atoms with Gasteiger partial charge in [0, 0.05) is 38.1 Å². The van der Waals surface area contributed by atoms with Gasteiger partial charge in [-0.2, -0.15) is 5.10 Å². The van der Waals surface area contributed by atoms with Gasteiger partial charge in [-0.15, -0.1) is 11.3 Å². The third kappa shape index (κ3) is 4.60. The van der Waals surface area contributed by atoms with Crippen molar-refractivity contribution in [3.05, 3.63) is 29.0 Å². The molecule has 1 atom stereocenters. The second-order valence-electron chi connectivity index (χ2n) is 5.79. The number of amides is 1. The van der Waals surface area contributed by atoms with Gasteiger partial charge in [-0.1, -0.05) is 0 Å². The maximum Gasteiger partial charge on any atom is 0.223 e. The Morgan fingerprint density at radius 2 is 2.43 bits per heavy atom. The largest absolute Gasteiger partial charge is 0.374 e. The molecule has 0 unspecified atom stereocenters. The number of rotatable bonds is 5. The molecule has 0 radical (unpaired) electrons. The van der Waals surface area contributed by atoms with E-state index in [4.69, 9.17) is 4.74 Å². The average molecular weight is 335 g/mol. The van der Waals surface area contributed by atoms with E-state index in [0.717, 1.165) is 37.4 Å². The number of thiazole rings is 1. The van der Waals surface area contributed by atoms with Gasteiger partial charge in [0.05, 0.1) is 31.1 Å². The van der Waals surface area contributed by atoms with E-state index in [1.54, 1.807) is 0 Å². The number of aromatic nitrogens is 3. The molecule has 3 rings (SSSR count). The number of nitrogens with one attached hydrogen (secondary N) is 1. The zero-order valence-corrected chi connectivity index (χ0v) is 14.2. The number of aryl methyl sites for hydroxylation is 1. The molecule has 1 aliphatic heterocycles. The predicted octanol–water partition coefficient (Wildman–Crippen LogP) is 1.51. The summed E-state index contributed by atoms with van der Waals surface area (Å²) < 4.78 is 7.77. The fraction of sp³-hybridized carbons (Fsp3) is 0.533. The van der Waals surface area contributed by atoms with Crippen molar-refractivity contribution in [2.45, 2.75) is 33.0 Å². The normalized spacial score (nSPS) is 19.0. The Hall–Kier alpha value is -1.77. The predicted molar refractivity (Wildman–Crippen MR) is 88.4 cm³/mol. The second kappa shape index (κ2) is 7.20. The maximum absolute atomic E-state index is 11.1. The van der Waals surface area contributed by atoms with Gasteiger partial charge in [0.25, 0.3) is 0 Å². The van der Waals surface area contributed by atoms with Gasteiger partial charge >= 0.3 is 0 Å². The molecular formula is C15H21N5O2S. The van der Waals surface area contributed by atoms with Crippen molar-refractivity contribution in [2.75, 3.05) is 25.0 Å². The van der Waals surface area contributed by atoms with E-state index in [0.29, 0.717) is 11.7 Å². The third-order valence-electron chi connectivity index (χ3n) is 3.60. The Bertz CT molecular complexity index is 668. The molecule has 7 nitrogen and oxygen atoms in total. The van der Waals surface area contributed by atoms with Crippen molar-refractivity contribution in [3.63, 3.8) is 0 Å². The monoisotopic (exact) mass is 335 g/mol. The van der Waals surface area contributed by atoms with Crippen LogP contribution in [0, 0.1) is 6.92 Å². The molecule has 124 valence electrons. The average Bonchev–Trinajstić information content (AvgIpc) is 3.08. The van der Waals surface area contributed by atoms with Gasteiger partial charge < -0.3 is 10.1 Å². The van der Waals surface area contributed by atoms with Gasteiger partial charge in [-0.05, 0) is 12.5 Å². The van der Waals surface area contributed by atoms with E-state index in [1.807, 2.05) is 29.4 Å². The number of morpholine rings is 1. The molecule has 8 heteroatoms. The first-order chi connectivity index (χ1) is 11.1. The molecule has 3 heterocycles. The topological polar surface area (TPSA) is 72.3 Å². The van der Waals surface area contributed by atoms with Crippen LogP contribution >= 0.6 is 11.3 Å². The van der Waals surface area contributed by atoms with Crippen molar-refractivity contribution in [1.82, 2.24) is 19.7 Å². The fourth-order valence-corrected chi connectivity index (χ4v) is 3.37. The summed E-state index contributed by atoms with van der Waals surface area (Å²) in [5.74, 6) is -0.0909. The third-order valence-corrected chi connectivity index (χ3v) is 4.40. The second-order valence-corrected chi connectivity index (χ2v) is 6.65. The van der Waals surface area contributed by atoms with E-state index in [9.17, 15) is 4.79 Å². The van der Waals surface area contributed by atoms with E-state index < -0.39 is 0 Å². The first kappa shape index (κ1) is 16.1. The highest BCUT2D eigenvalue weighted by atomic mass is 32.1. The molecule has 1 amide bonds. The fourth-order valence-electron chi connectivity index (χ4n) is 2.63. The zero-order chi connectivity index (χ0) is 16.2. The molecule has 1 fully saturated rings. The van der Waals surface area contributed by atoms with Crippen LogP contribution < -0.4 is 5.32 Å². The quantitative estimate of drug-likeness (QED) is 0.897. The molecule has 0 spiro atoms. The van der Waals surface area contributed by atoms with Gasteiger partial charge in [0.2, 0.25) is 5.91 Å². The Morgan fingerprint density at radius 1 is 1.57 bits per heavy atom. The van der Waals surface area contributed by atoms with Crippen molar-refractivity contribution < 1.29 is 9.53 Å². The number of hydrogen-bond acceptors (Lipinski definition) is 6. The Labute approximate surface area is 139 Å². The van der Waals surface area contributed by atoms with E-state index in [2.05, 4.69) is 20.3 Å². The molecule has 2 aromatic heterocycles. The summed E-state index contributed by atoms with van der Waals surface area (Å²) >= 11 is 1.46. The van der Waals surface area contributed by atoms with Crippen LogP contribution in [0.25, 0.3) is 0 Å². The van der Waals surface area contributed by atoms with Gasteiger partial charge in [-0.3, -0.25) is 14.4 Å². The molecule has 1 N–H and O–H groups in total. The molecule has 0 saturated carbocycles. The van der Waals surface area contributed by atoms with Crippen molar-refractivity contribution in [1.29, 1.82) is 0 Å². The summed E-state index contributed by atoms with van der Waals surface area (Å²) in [6, 6.07) is 0. The SMILES string of the molecule is CC(=O)Nc1nc(CN2CCO[C@@H](Cn3cc(C)cn3)C2)cs1. The summed E-state index contributed by atoms with van der Waals surface area (Å²) in [7, 11) is 0. The summed E-state index contributed by atoms with van der Waals surface area (Å²) in [6.45, 7) is 7.52. The summed E-state index contributed by atoms with van der Waals surface area (Å²) in [5.41, 5.74) is 2.14. The van der Waals surface area contributed by atoms with E-state index in [1.165, 1.54) is 18.3 Å². The highest BCUT2D eigenvalue weighted by Crippen LogP contribution is 2.18. The number of carbonyl (C=O) groups is 1. The minimum atomic E-state index is -0.0909. The summed E-state index contributed by atoms with van der Waals surface area (Å²) in [6.07, 6.45) is 4.03. The van der Waals surface area contributed by atoms with Gasteiger partial charge in [-0.25, -0.2) is 4.98 Å². The lowest BCUT2D eigenvalue weighted by molar-refractivity contribution is -0.114. The Kier molecular flexibility index (Phi) is 5.04. The molecule has 0 bridgehead atoms. The maximum atomic E-state index is 11.1. The standard InChI is InChI=1S/C15H21N5O2S/c1-11-5-16-20(6-11)9-14-8-19(3-4-22-14)7-13-10-23-15(18-13)17-12(2)21/h5-6,10,14H,3-4,7-9H2,1-2H3,(H,17,18,21)/t14-/m1/s1. The van der Waals surface area contributed by atoms with Crippen LogP contribution in [-0.2, 0) is 22.6 Å². The van der Waals surface area contributed by atoms with Crippen LogP contribution in [0.5, 0.6) is 0 Å². The lowest BCUT2D eigenvalue weighted by atomic mass is 10.2. The van der Waals surface area contributed by atoms with Crippen LogP contribution in [0.2, 0.25) is 0 Å². The van der Waals surface area contributed by atoms with E-state index >= 15 is 0 Å². The number of nitrogens with zero attached hydrogens (tertiary/aromatic N) is 4. The first-order valence-electron chi connectivity index (χ1n) is 7.63. The molecule has 23 heavy (non-hydrogen) atoms. The van der Waals surface area contributed by atoms with E-state index in [-0.39, 0.29) is 12.0 Å². The van der Waals surface area contributed by atoms with Crippen LogP contribution in [0.3, 0.4) is 0 Å². The zero-order valence-electron chi connectivity index (χ0n) is 13.4. The molecule has 0 aliphatic carbocycles. The molecule has 1 aliphatic rings. The number of ether oxygens (including phenoxy) is 1. The Balaban J connectivity index is 1.54. The molecular weight excluding hydrogens is 314 g/mol. The molecule has 1 saturated heterocycles. The highest BCUT2D eigenvalue weighted by Gasteiger charge is 2.22. The van der Waals surface area contributed by atoms with Crippen LogP contribution in [-0.4, -0.2) is 51.4 Å². The lowest BCUT2D eigenvalue weighted by Crippen LogP contribution is -2.43. The van der Waals surface area contributed by atoms with Gasteiger partial charge in [0.15, 0.2) is 5.13 Å². The number of hydrogen-bond donors (Lipinski definition) is 1. The lowest BCUT2D eigenvalue weighted by Gasteiger charge is -2.32. The van der Waals surface area contributed by atoms with Crippen molar-refractivity contribution in [2.24, 2.45) is 0 Å². The summed E-state index contributed by atoms with van der Waals surface area (Å²) in [5, 5.41) is 9.69. The van der Waals surface area contributed by atoms with Crippen LogP contribution in [0.15, 0.2) is 17.8 Å². The number of anilines is 1. The van der Waals surface area contributed by atoms with Crippen LogP contribution in [0.1, 0.15) is 18.2 Å². The van der Waals surface area contributed by atoms with Gasteiger partial charge in [0.1, 0.15) is 0 Å². The highest BCUT2D eigenvalue weighted by molar-refractivity contribution is 7.13. The Morgan fingerprint density at radius 3 is 3.17 bits per heavy atom. The van der Waals surface area contributed by atoms with Crippen molar-refractivity contribution >= 4 is 22.4 Å².